The van der Waals surface area contributed by atoms with Gasteiger partial charge in [-0.25, -0.2) is 9.97 Å². The van der Waals surface area contributed by atoms with Gasteiger partial charge in [0, 0.05) is 24.5 Å². The van der Waals surface area contributed by atoms with Gasteiger partial charge in [-0.05, 0) is 37.1 Å². The van der Waals surface area contributed by atoms with Crippen LogP contribution in [0.3, 0.4) is 0 Å². The fraction of sp³-hybridized carbons (Fsp3) is 0.190. The Morgan fingerprint density at radius 3 is 2.81 bits per heavy atom. The van der Waals surface area contributed by atoms with Gasteiger partial charge < -0.3 is 9.88 Å². The molecule has 0 radical (unpaired) electrons. The molecule has 2 aromatic carbocycles. The average Bonchev–Trinajstić information content (AvgIpc) is 3.33. The van der Waals surface area contributed by atoms with Crippen molar-refractivity contribution in [2.24, 2.45) is 0 Å². The molecule has 1 N–H and O–H groups in total. The van der Waals surface area contributed by atoms with Gasteiger partial charge in [-0.15, -0.1) is 11.3 Å². The summed E-state index contributed by atoms with van der Waals surface area (Å²) in [6, 6.07) is 15.7. The molecule has 0 aliphatic carbocycles. The largest absolute Gasteiger partial charge is 0.345 e. The lowest BCUT2D eigenvalue weighted by molar-refractivity contribution is 0.0933. The molecule has 0 spiro atoms. The van der Waals surface area contributed by atoms with E-state index in [0.717, 1.165) is 34.6 Å². The molecule has 2 heterocycles. The summed E-state index contributed by atoms with van der Waals surface area (Å²) >= 11 is 1.57. The summed E-state index contributed by atoms with van der Waals surface area (Å²) in [7, 11) is 0. The van der Waals surface area contributed by atoms with Gasteiger partial charge in [0.1, 0.15) is 5.82 Å². The van der Waals surface area contributed by atoms with Crippen molar-refractivity contribution in [1.29, 1.82) is 0 Å². The number of carbonyl (C=O) groups excluding carboxylic acids is 1. The number of aromatic nitrogens is 3. The van der Waals surface area contributed by atoms with E-state index in [4.69, 9.17) is 0 Å². The second-order valence-corrected chi connectivity index (χ2v) is 7.31. The first-order valence-corrected chi connectivity index (χ1v) is 9.75. The first-order chi connectivity index (χ1) is 13.2. The van der Waals surface area contributed by atoms with Crippen LogP contribution in [0.5, 0.6) is 0 Å². The lowest BCUT2D eigenvalue weighted by atomic mass is 10.0. The van der Waals surface area contributed by atoms with Crippen LogP contribution in [-0.2, 0) is 6.54 Å². The van der Waals surface area contributed by atoms with E-state index in [1.807, 2.05) is 49.5 Å². The third kappa shape index (κ3) is 3.90. The van der Waals surface area contributed by atoms with Crippen molar-refractivity contribution in [3.63, 3.8) is 0 Å². The predicted molar refractivity (Wildman–Crippen MR) is 108 cm³/mol. The van der Waals surface area contributed by atoms with Crippen LogP contribution in [0, 0.1) is 6.92 Å². The maximum atomic E-state index is 12.9. The predicted octanol–water partition coefficient (Wildman–Crippen LogP) is 4.36. The van der Waals surface area contributed by atoms with Crippen LogP contribution >= 0.6 is 11.3 Å². The number of nitrogens with one attached hydrogen (secondary N) is 1. The molecular weight excluding hydrogens is 356 g/mol. The van der Waals surface area contributed by atoms with Crippen LogP contribution in [0.4, 0.5) is 0 Å². The highest BCUT2D eigenvalue weighted by Crippen LogP contribution is 2.21. The minimum absolute atomic E-state index is 0.0772. The normalized spacial score (nSPS) is 12.2. The lowest BCUT2D eigenvalue weighted by Crippen LogP contribution is -2.29. The second-order valence-electron chi connectivity index (χ2n) is 6.43. The first kappa shape index (κ1) is 17.4. The smallest absolute Gasteiger partial charge is 0.251 e. The quantitative estimate of drug-likeness (QED) is 0.544. The Kier molecular flexibility index (Phi) is 4.98. The van der Waals surface area contributed by atoms with E-state index < -0.39 is 0 Å². The zero-order valence-corrected chi connectivity index (χ0v) is 15.8. The summed E-state index contributed by atoms with van der Waals surface area (Å²) in [5.41, 5.74) is 4.39. The Bertz CT molecular complexity index is 1050. The third-order valence-electron chi connectivity index (χ3n) is 4.68. The lowest BCUT2D eigenvalue weighted by Gasteiger charge is -2.20. The van der Waals surface area contributed by atoms with Crippen molar-refractivity contribution in [3.05, 3.63) is 83.4 Å². The van der Waals surface area contributed by atoms with Gasteiger partial charge in [0.2, 0.25) is 0 Å². The zero-order chi connectivity index (χ0) is 18.6. The molecule has 1 amide bonds. The number of imidazole rings is 1. The molecule has 6 heteroatoms. The van der Waals surface area contributed by atoms with Crippen LogP contribution < -0.4 is 5.32 Å². The Balaban J connectivity index is 1.54. The van der Waals surface area contributed by atoms with Crippen molar-refractivity contribution in [1.82, 2.24) is 19.9 Å². The van der Waals surface area contributed by atoms with Gasteiger partial charge in [0.15, 0.2) is 0 Å². The number of rotatable bonds is 6. The molecule has 0 saturated heterocycles. The molecule has 0 aliphatic rings. The van der Waals surface area contributed by atoms with E-state index in [2.05, 4.69) is 32.0 Å². The highest BCUT2D eigenvalue weighted by Gasteiger charge is 2.17. The molecule has 136 valence electrons. The van der Waals surface area contributed by atoms with Gasteiger partial charge in [-0.2, -0.15) is 0 Å². The fourth-order valence-electron chi connectivity index (χ4n) is 3.16. The number of hydrogen-bond donors (Lipinski definition) is 1. The molecule has 0 unspecified atom stereocenters. The molecule has 0 bridgehead atoms. The summed E-state index contributed by atoms with van der Waals surface area (Å²) in [5, 5.41) is 3.19. The molecule has 0 saturated carbocycles. The molecule has 27 heavy (non-hydrogen) atoms. The highest BCUT2D eigenvalue weighted by molar-refractivity contribution is 7.16. The van der Waals surface area contributed by atoms with Crippen LogP contribution in [0.1, 0.15) is 34.2 Å². The van der Waals surface area contributed by atoms with E-state index in [1.165, 1.54) is 0 Å². The van der Waals surface area contributed by atoms with Crippen LogP contribution in [0.2, 0.25) is 0 Å². The van der Waals surface area contributed by atoms with Crippen LogP contribution in [0.25, 0.3) is 10.2 Å². The number of thiazole rings is 1. The molecule has 4 rings (SSSR count). The van der Waals surface area contributed by atoms with E-state index in [0.29, 0.717) is 5.56 Å². The topological polar surface area (TPSA) is 59.8 Å². The molecule has 1 atom stereocenters. The zero-order valence-electron chi connectivity index (χ0n) is 15.0. The summed E-state index contributed by atoms with van der Waals surface area (Å²) in [6.45, 7) is 2.77. The Morgan fingerprint density at radius 1 is 1.19 bits per heavy atom. The molecule has 2 aromatic heterocycles. The molecule has 4 aromatic rings. The number of amides is 1. The van der Waals surface area contributed by atoms with E-state index in [9.17, 15) is 4.79 Å². The number of fused-ring (bicyclic) bond motifs is 1. The second kappa shape index (κ2) is 7.72. The SMILES string of the molecule is Cc1nccn1CC[C@@H](NC(=O)c1ccc2scnc2c1)c1ccccc1. The third-order valence-corrected chi connectivity index (χ3v) is 5.49. The maximum Gasteiger partial charge on any atom is 0.251 e. The summed E-state index contributed by atoms with van der Waals surface area (Å²) in [5.74, 6) is 0.892. The van der Waals surface area contributed by atoms with Crippen molar-refractivity contribution >= 4 is 27.5 Å². The molecule has 0 fully saturated rings. The van der Waals surface area contributed by atoms with Gasteiger partial charge in [0.25, 0.3) is 5.91 Å². The summed E-state index contributed by atoms with van der Waals surface area (Å²) in [4.78, 5) is 21.4. The van der Waals surface area contributed by atoms with Crippen molar-refractivity contribution < 1.29 is 4.79 Å². The number of hydrogen-bond acceptors (Lipinski definition) is 4. The number of carbonyl (C=O) groups is 1. The van der Waals surface area contributed by atoms with Gasteiger partial charge in [-0.1, -0.05) is 30.3 Å². The summed E-state index contributed by atoms with van der Waals surface area (Å²) < 4.78 is 3.19. The minimum atomic E-state index is -0.0823. The van der Waals surface area contributed by atoms with Gasteiger partial charge in [0.05, 0.1) is 21.8 Å². The Hall–Kier alpha value is -2.99. The fourth-order valence-corrected chi connectivity index (χ4v) is 3.82. The van der Waals surface area contributed by atoms with E-state index in [-0.39, 0.29) is 11.9 Å². The average molecular weight is 376 g/mol. The van der Waals surface area contributed by atoms with Crippen molar-refractivity contribution in [3.8, 4) is 0 Å². The van der Waals surface area contributed by atoms with Gasteiger partial charge in [-0.3, -0.25) is 4.79 Å². The van der Waals surface area contributed by atoms with Gasteiger partial charge >= 0.3 is 0 Å². The molecular formula is C21H20N4OS. The van der Waals surface area contributed by atoms with Crippen LogP contribution in [0.15, 0.2) is 66.4 Å². The van der Waals surface area contributed by atoms with Crippen molar-refractivity contribution in [2.45, 2.75) is 25.9 Å². The van der Waals surface area contributed by atoms with Crippen molar-refractivity contribution in [2.75, 3.05) is 0 Å². The highest BCUT2D eigenvalue weighted by atomic mass is 32.1. The minimum Gasteiger partial charge on any atom is -0.345 e. The Morgan fingerprint density at radius 2 is 2.04 bits per heavy atom. The molecule has 0 aliphatic heterocycles. The van der Waals surface area contributed by atoms with E-state index >= 15 is 0 Å². The van der Waals surface area contributed by atoms with E-state index in [1.54, 1.807) is 23.0 Å². The number of nitrogens with zero attached hydrogens (tertiary/aromatic N) is 3. The van der Waals surface area contributed by atoms with Crippen LogP contribution in [-0.4, -0.2) is 20.4 Å². The Labute approximate surface area is 161 Å². The standard InChI is InChI=1S/C21H20N4OS/c1-15-22-10-12-25(15)11-9-18(16-5-3-2-4-6-16)24-21(26)17-7-8-20-19(13-17)23-14-27-20/h2-8,10,12-14,18H,9,11H2,1H3,(H,24,26)/t18-/m1/s1. The first-order valence-electron chi connectivity index (χ1n) is 8.87. The maximum absolute atomic E-state index is 12.9. The number of aryl methyl sites for hydroxylation is 2. The monoisotopic (exact) mass is 376 g/mol. The number of benzene rings is 2. The molecule has 5 nitrogen and oxygen atoms in total. The summed E-state index contributed by atoms with van der Waals surface area (Å²) in [6.07, 6.45) is 4.55.